The SMILES string of the molecule is CC(C)CC[C@@H](O)[C@@H](N)c1cccc2[nH]ccc12.Cl. The zero-order valence-corrected chi connectivity index (χ0v) is 12.3. The number of fused-ring (bicyclic) bond motifs is 1. The second kappa shape index (κ2) is 6.94. The molecule has 0 aliphatic heterocycles. The van der Waals surface area contributed by atoms with Gasteiger partial charge in [-0.05, 0) is 36.5 Å². The molecule has 0 aliphatic rings. The molecule has 1 heterocycles. The van der Waals surface area contributed by atoms with Gasteiger partial charge in [-0.25, -0.2) is 0 Å². The molecule has 2 atom stereocenters. The average Bonchev–Trinajstić information content (AvgIpc) is 2.82. The van der Waals surface area contributed by atoms with E-state index in [9.17, 15) is 5.11 Å². The molecule has 106 valence electrons. The van der Waals surface area contributed by atoms with Crippen LogP contribution >= 0.6 is 12.4 Å². The quantitative estimate of drug-likeness (QED) is 0.787. The van der Waals surface area contributed by atoms with Gasteiger partial charge in [-0.15, -0.1) is 12.4 Å². The number of nitrogens with two attached hydrogens (primary N) is 1. The van der Waals surface area contributed by atoms with E-state index in [-0.39, 0.29) is 18.4 Å². The third kappa shape index (κ3) is 3.72. The molecule has 0 saturated heterocycles. The second-order valence-electron chi connectivity index (χ2n) is 5.35. The van der Waals surface area contributed by atoms with E-state index in [1.54, 1.807) is 0 Å². The highest BCUT2D eigenvalue weighted by atomic mass is 35.5. The summed E-state index contributed by atoms with van der Waals surface area (Å²) >= 11 is 0. The van der Waals surface area contributed by atoms with E-state index >= 15 is 0 Å². The van der Waals surface area contributed by atoms with Crippen molar-refractivity contribution in [3.63, 3.8) is 0 Å². The number of aliphatic hydroxyl groups excluding tert-OH is 1. The first-order valence-corrected chi connectivity index (χ1v) is 6.59. The van der Waals surface area contributed by atoms with Crippen molar-refractivity contribution in [1.29, 1.82) is 0 Å². The summed E-state index contributed by atoms with van der Waals surface area (Å²) < 4.78 is 0. The predicted molar refractivity (Wildman–Crippen MR) is 82.6 cm³/mol. The molecule has 19 heavy (non-hydrogen) atoms. The van der Waals surface area contributed by atoms with E-state index in [2.05, 4.69) is 18.8 Å². The fraction of sp³-hybridized carbons (Fsp3) is 0.467. The van der Waals surface area contributed by atoms with Gasteiger partial charge in [0.15, 0.2) is 0 Å². The van der Waals surface area contributed by atoms with Crippen LogP contribution in [0.25, 0.3) is 10.9 Å². The monoisotopic (exact) mass is 282 g/mol. The highest BCUT2D eigenvalue weighted by Crippen LogP contribution is 2.26. The molecule has 0 aliphatic carbocycles. The molecule has 0 amide bonds. The Hall–Kier alpha value is -1.03. The Morgan fingerprint density at radius 2 is 1.95 bits per heavy atom. The number of aliphatic hydroxyl groups is 1. The highest BCUT2D eigenvalue weighted by Gasteiger charge is 2.19. The van der Waals surface area contributed by atoms with Gasteiger partial charge in [-0.3, -0.25) is 0 Å². The number of H-pyrrole nitrogens is 1. The molecule has 3 nitrogen and oxygen atoms in total. The van der Waals surface area contributed by atoms with Gasteiger partial charge in [0.2, 0.25) is 0 Å². The van der Waals surface area contributed by atoms with Crippen LogP contribution in [0.1, 0.15) is 38.3 Å². The molecule has 1 aromatic heterocycles. The van der Waals surface area contributed by atoms with E-state index in [1.807, 2.05) is 30.5 Å². The lowest BCUT2D eigenvalue weighted by Gasteiger charge is -2.20. The van der Waals surface area contributed by atoms with E-state index in [0.717, 1.165) is 29.3 Å². The molecule has 0 saturated carbocycles. The maximum absolute atomic E-state index is 10.2. The predicted octanol–water partition coefficient (Wildman–Crippen LogP) is 3.39. The van der Waals surface area contributed by atoms with Crippen molar-refractivity contribution in [1.82, 2.24) is 4.98 Å². The smallest absolute Gasteiger partial charge is 0.0733 e. The van der Waals surface area contributed by atoms with E-state index in [0.29, 0.717) is 5.92 Å². The summed E-state index contributed by atoms with van der Waals surface area (Å²) in [6, 6.07) is 7.69. The normalized spacial score (nSPS) is 14.4. The fourth-order valence-electron chi connectivity index (χ4n) is 2.29. The highest BCUT2D eigenvalue weighted by molar-refractivity contribution is 5.85. The van der Waals surface area contributed by atoms with Gasteiger partial charge in [0, 0.05) is 17.1 Å². The number of rotatable bonds is 5. The lowest BCUT2D eigenvalue weighted by atomic mass is 9.94. The van der Waals surface area contributed by atoms with Crippen molar-refractivity contribution in [3.05, 3.63) is 36.0 Å². The summed E-state index contributed by atoms with van der Waals surface area (Å²) in [6.45, 7) is 4.32. The van der Waals surface area contributed by atoms with Crippen LogP contribution in [0.3, 0.4) is 0 Å². The maximum atomic E-state index is 10.2. The molecule has 0 bridgehead atoms. The Morgan fingerprint density at radius 1 is 1.21 bits per heavy atom. The lowest BCUT2D eigenvalue weighted by molar-refractivity contribution is 0.129. The van der Waals surface area contributed by atoms with Crippen LogP contribution in [-0.2, 0) is 0 Å². The number of nitrogens with one attached hydrogen (secondary N) is 1. The minimum atomic E-state index is -0.479. The molecule has 2 rings (SSSR count). The summed E-state index contributed by atoms with van der Waals surface area (Å²) in [7, 11) is 0. The fourth-order valence-corrected chi connectivity index (χ4v) is 2.29. The molecule has 0 unspecified atom stereocenters. The van der Waals surface area contributed by atoms with Crippen LogP contribution in [-0.4, -0.2) is 16.2 Å². The number of halogens is 1. The molecule has 1 aromatic carbocycles. The van der Waals surface area contributed by atoms with Crippen LogP contribution in [0, 0.1) is 5.92 Å². The van der Waals surface area contributed by atoms with Crippen molar-refractivity contribution in [2.75, 3.05) is 0 Å². The maximum Gasteiger partial charge on any atom is 0.0733 e. The first kappa shape index (κ1) is 16.0. The van der Waals surface area contributed by atoms with Gasteiger partial charge in [0.25, 0.3) is 0 Å². The standard InChI is InChI=1S/C15H22N2O.ClH/c1-10(2)6-7-14(18)15(16)12-4-3-5-13-11(12)8-9-17-13;/h3-5,8-10,14-15,17-18H,6-7,16H2,1-2H3;1H/t14-,15+;/m1./s1. The molecule has 0 spiro atoms. The molecule has 2 aromatic rings. The third-order valence-corrected chi connectivity index (χ3v) is 3.44. The van der Waals surface area contributed by atoms with Gasteiger partial charge in [-0.1, -0.05) is 26.0 Å². The van der Waals surface area contributed by atoms with Crippen LogP contribution in [0.5, 0.6) is 0 Å². The first-order chi connectivity index (χ1) is 8.59. The minimum Gasteiger partial charge on any atom is -0.391 e. The summed E-state index contributed by atoms with van der Waals surface area (Å²) in [5, 5.41) is 11.3. The Bertz CT molecular complexity index is 510. The summed E-state index contributed by atoms with van der Waals surface area (Å²) in [4.78, 5) is 3.17. The number of aromatic nitrogens is 1. The molecule has 0 radical (unpaired) electrons. The summed E-state index contributed by atoms with van der Waals surface area (Å²) in [5.74, 6) is 0.593. The summed E-state index contributed by atoms with van der Waals surface area (Å²) in [6.07, 6.45) is 3.17. The van der Waals surface area contributed by atoms with Crippen LogP contribution in [0.4, 0.5) is 0 Å². The van der Waals surface area contributed by atoms with Crippen molar-refractivity contribution < 1.29 is 5.11 Å². The van der Waals surface area contributed by atoms with Gasteiger partial charge in [0.05, 0.1) is 12.1 Å². The average molecular weight is 283 g/mol. The van der Waals surface area contributed by atoms with Gasteiger partial charge in [0.1, 0.15) is 0 Å². The van der Waals surface area contributed by atoms with E-state index in [1.165, 1.54) is 0 Å². The van der Waals surface area contributed by atoms with E-state index in [4.69, 9.17) is 5.73 Å². The number of hydrogen-bond acceptors (Lipinski definition) is 2. The Kier molecular flexibility index (Phi) is 5.85. The third-order valence-electron chi connectivity index (χ3n) is 3.44. The van der Waals surface area contributed by atoms with Gasteiger partial charge in [-0.2, -0.15) is 0 Å². The van der Waals surface area contributed by atoms with Gasteiger partial charge >= 0.3 is 0 Å². The molecule has 0 fully saturated rings. The second-order valence-corrected chi connectivity index (χ2v) is 5.35. The van der Waals surface area contributed by atoms with Crippen molar-refractivity contribution in [3.8, 4) is 0 Å². The number of aromatic amines is 1. The van der Waals surface area contributed by atoms with Crippen LogP contribution in [0.15, 0.2) is 30.5 Å². The van der Waals surface area contributed by atoms with E-state index < -0.39 is 6.10 Å². The zero-order valence-electron chi connectivity index (χ0n) is 11.5. The molecule has 4 heteroatoms. The minimum absolute atomic E-state index is 0. The first-order valence-electron chi connectivity index (χ1n) is 6.59. The van der Waals surface area contributed by atoms with Crippen molar-refractivity contribution >= 4 is 23.3 Å². The van der Waals surface area contributed by atoms with Crippen molar-refractivity contribution in [2.24, 2.45) is 11.7 Å². The molecular formula is C15H23ClN2O. The Balaban J connectivity index is 0.00000180. The summed E-state index contributed by atoms with van der Waals surface area (Å²) in [5.41, 5.74) is 8.27. The number of hydrogen-bond donors (Lipinski definition) is 3. The largest absolute Gasteiger partial charge is 0.391 e. The zero-order chi connectivity index (χ0) is 13.1. The van der Waals surface area contributed by atoms with Crippen molar-refractivity contribution in [2.45, 2.75) is 38.8 Å². The van der Waals surface area contributed by atoms with Gasteiger partial charge < -0.3 is 15.8 Å². The number of benzene rings is 1. The van der Waals surface area contributed by atoms with Crippen LogP contribution < -0.4 is 5.73 Å². The lowest BCUT2D eigenvalue weighted by Crippen LogP contribution is -2.26. The topological polar surface area (TPSA) is 62.0 Å². The Labute approximate surface area is 120 Å². The Morgan fingerprint density at radius 3 is 2.63 bits per heavy atom. The molecule has 4 N–H and O–H groups in total. The molecular weight excluding hydrogens is 260 g/mol. The van der Waals surface area contributed by atoms with Crippen LogP contribution in [0.2, 0.25) is 0 Å².